The first-order valence-electron chi connectivity index (χ1n) is 10.8. The number of allylic oxidation sites excluding steroid dienone is 2. The predicted molar refractivity (Wildman–Crippen MR) is 120 cm³/mol. The summed E-state index contributed by atoms with van der Waals surface area (Å²) >= 11 is 0. The third kappa shape index (κ3) is 3.57. The van der Waals surface area contributed by atoms with Gasteiger partial charge in [-0.05, 0) is 60.7 Å². The van der Waals surface area contributed by atoms with Crippen molar-refractivity contribution in [3.8, 4) is 17.1 Å². The Morgan fingerprint density at radius 3 is 2.53 bits per heavy atom. The van der Waals surface area contributed by atoms with Crippen LogP contribution in [-0.4, -0.2) is 27.2 Å². The van der Waals surface area contributed by atoms with Crippen molar-refractivity contribution in [1.82, 2.24) is 14.8 Å². The molecular formula is C25H25FN4O2. The second-order valence-corrected chi connectivity index (χ2v) is 9.07. The molecule has 1 aliphatic heterocycles. The molecule has 0 saturated heterocycles. The van der Waals surface area contributed by atoms with Crippen molar-refractivity contribution in [2.45, 2.75) is 39.7 Å². The summed E-state index contributed by atoms with van der Waals surface area (Å²) in [4.78, 5) is 18.0. The Labute approximate surface area is 186 Å². The fraction of sp³-hybridized carbons (Fsp3) is 0.320. The molecule has 3 aromatic rings. The number of carbonyl (C=O) groups is 1. The van der Waals surface area contributed by atoms with E-state index in [4.69, 9.17) is 9.84 Å². The van der Waals surface area contributed by atoms with Gasteiger partial charge in [-0.2, -0.15) is 4.98 Å². The van der Waals surface area contributed by atoms with E-state index in [2.05, 4.69) is 24.1 Å². The number of aromatic nitrogens is 3. The lowest BCUT2D eigenvalue weighted by Gasteiger charge is -2.38. The summed E-state index contributed by atoms with van der Waals surface area (Å²) in [5, 5.41) is 8.10. The highest BCUT2D eigenvalue weighted by Gasteiger charge is 2.41. The number of anilines is 1. The number of ether oxygens (including phenoxy) is 1. The van der Waals surface area contributed by atoms with E-state index in [1.807, 2.05) is 31.2 Å². The third-order valence-corrected chi connectivity index (χ3v) is 5.94. The van der Waals surface area contributed by atoms with Crippen LogP contribution in [0.3, 0.4) is 0 Å². The Morgan fingerprint density at radius 1 is 1.12 bits per heavy atom. The van der Waals surface area contributed by atoms with E-state index >= 15 is 0 Å². The summed E-state index contributed by atoms with van der Waals surface area (Å²) in [6.45, 7) is 6.74. The number of hydrogen-bond donors (Lipinski definition) is 1. The van der Waals surface area contributed by atoms with Crippen LogP contribution in [0, 0.1) is 11.2 Å². The molecule has 1 atom stereocenters. The van der Waals surface area contributed by atoms with Gasteiger partial charge in [0.2, 0.25) is 5.95 Å². The number of hydrogen-bond acceptors (Lipinski definition) is 5. The minimum atomic E-state index is -0.387. The molecule has 0 spiro atoms. The average molecular weight is 432 g/mol. The van der Waals surface area contributed by atoms with Gasteiger partial charge < -0.3 is 10.1 Å². The summed E-state index contributed by atoms with van der Waals surface area (Å²) in [5.74, 6) is 1.64. The topological polar surface area (TPSA) is 69.0 Å². The Bertz CT molecular complexity index is 1210. The smallest absolute Gasteiger partial charge is 0.226 e. The van der Waals surface area contributed by atoms with Crippen molar-refractivity contribution in [2.24, 2.45) is 5.41 Å². The van der Waals surface area contributed by atoms with Crippen LogP contribution in [0.25, 0.3) is 11.4 Å². The monoisotopic (exact) mass is 432 g/mol. The van der Waals surface area contributed by atoms with E-state index in [0.29, 0.717) is 30.4 Å². The lowest BCUT2D eigenvalue weighted by atomic mass is 9.73. The van der Waals surface area contributed by atoms with Gasteiger partial charge in [0.1, 0.15) is 17.6 Å². The van der Waals surface area contributed by atoms with Crippen molar-refractivity contribution >= 4 is 11.7 Å². The molecule has 0 saturated carbocycles. The highest BCUT2D eigenvalue weighted by Crippen LogP contribution is 2.45. The minimum absolute atomic E-state index is 0.118. The Kier molecular flexibility index (Phi) is 4.84. The molecule has 0 amide bonds. The maximum Gasteiger partial charge on any atom is 0.226 e. The first-order valence-corrected chi connectivity index (χ1v) is 10.8. The normalized spacial score (nSPS) is 19.2. The number of halogens is 1. The first-order chi connectivity index (χ1) is 15.3. The molecule has 1 aromatic heterocycles. The molecule has 2 heterocycles. The quantitative estimate of drug-likeness (QED) is 0.618. The molecular weight excluding hydrogens is 407 g/mol. The molecule has 2 aliphatic rings. The molecule has 0 radical (unpaired) electrons. The number of Topliss-reactive ketones (excluding diaryl/α,β-unsaturated/α-hetero) is 1. The van der Waals surface area contributed by atoms with E-state index in [-0.39, 0.29) is 23.1 Å². The van der Waals surface area contributed by atoms with E-state index in [0.717, 1.165) is 29.0 Å². The van der Waals surface area contributed by atoms with Crippen LogP contribution in [0.4, 0.5) is 10.3 Å². The number of benzene rings is 2. The number of rotatable bonds is 4. The van der Waals surface area contributed by atoms with Gasteiger partial charge in [0.25, 0.3) is 0 Å². The van der Waals surface area contributed by atoms with E-state index in [9.17, 15) is 9.18 Å². The highest BCUT2D eigenvalue weighted by atomic mass is 19.1. The molecule has 0 bridgehead atoms. The van der Waals surface area contributed by atoms with Crippen LogP contribution < -0.4 is 10.1 Å². The highest BCUT2D eigenvalue weighted by molar-refractivity contribution is 6.00. The standard InChI is InChI=1S/C25H25FN4O2/c1-4-32-18-11-7-15(8-12-18)22-21-19(13-25(2,3)14-20(21)31)27-24-28-23(29-30(22)24)16-5-9-17(26)10-6-16/h5-12,22H,4,13-14H2,1-3H3,(H,27,28,29). The summed E-state index contributed by atoms with van der Waals surface area (Å²) in [5.41, 5.74) is 3.15. The van der Waals surface area contributed by atoms with Gasteiger partial charge in [-0.15, -0.1) is 5.10 Å². The third-order valence-electron chi connectivity index (χ3n) is 5.94. The Hall–Kier alpha value is -3.48. The first kappa shape index (κ1) is 20.4. The lowest BCUT2D eigenvalue weighted by Crippen LogP contribution is -2.36. The maximum absolute atomic E-state index is 13.4. The molecule has 1 N–H and O–H groups in total. The second kappa shape index (κ2) is 7.58. The lowest BCUT2D eigenvalue weighted by molar-refractivity contribution is -0.118. The summed E-state index contributed by atoms with van der Waals surface area (Å²) < 4.78 is 20.8. The second-order valence-electron chi connectivity index (χ2n) is 9.07. The molecule has 6 nitrogen and oxygen atoms in total. The predicted octanol–water partition coefficient (Wildman–Crippen LogP) is 5.14. The maximum atomic E-state index is 13.4. The summed E-state index contributed by atoms with van der Waals surface area (Å²) in [6.07, 6.45) is 1.23. The minimum Gasteiger partial charge on any atom is -0.494 e. The van der Waals surface area contributed by atoms with Gasteiger partial charge in [-0.25, -0.2) is 9.07 Å². The molecule has 32 heavy (non-hydrogen) atoms. The van der Waals surface area contributed by atoms with Gasteiger partial charge in [0.05, 0.1) is 6.61 Å². The molecule has 2 aromatic carbocycles. The van der Waals surface area contributed by atoms with Crippen LogP contribution in [0.15, 0.2) is 59.8 Å². The van der Waals surface area contributed by atoms with Crippen LogP contribution in [0.2, 0.25) is 0 Å². The van der Waals surface area contributed by atoms with Crippen molar-refractivity contribution in [2.75, 3.05) is 11.9 Å². The van der Waals surface area contributed by atoms with E-state index in [1.165, 1.54) is 12.1 Å². The number of nitrogens with one attached hydrogen (secondary N) is 1. The molecule has 1 aliphatic carbocycles. The Morgan fingerprint density at radius 2 is 1.84 bits per heavy atom. The molecule has 0 fully saturated rings. The van der Waals surface area contributed by atoms with Crippen molar-refractivity contribution in [1.29, 1.82) is 0 Å². The molecule has 7 heteroatoms. The van der Waals surface area contributed by atoms with Gasteiger partial charge in [-0.3, -0.25) is 4.79 Å². The van der Waals surface area contributed by atoms with Crippen LogP contribution in [-0.2, 0) is 4.79 Å². The fourth-order valence-electron chi connectivity index (χ4n) is 4.55. The van der Waals surface area contributed by atoms with Gasteiger partial charge >= 0.3 is 0 Å². The number of ketones is 1. The van der Waals surface area contributed by atoms with E-state index < -0.39 is 0 Å². The molecule has 1 unspecified atom stereocenters. The van der Waals surface area contributed by atoms with Gasteiger partial charge in [0.15, 0.2) is 11.6 Å². The summed E-state index contributed by atoms with van der Waals surface area (Å²) in [7, 11) is 0. The zero-order valence-electron chi connectivity index (χ0n) is 18.4. The Balaban J connectivity index is 1.63. The number of carbonyl (C=O) groups excluding carboxylic acids is 1. The van der Waals surface area contributed by atoms with E-state index in [1.54, 1.807) is 16.8 Å². The zero-order chi connectivity index (χ0) is 22.5. The van der Waals surface area contributed by atoms with Gasteiger partial charge in [0, 0.05) is 23.3 Å². The average Bonchev–Trinajstić information content (AvgIpc) is 3.16. The SMILES string of the molecule is CCOc1ccc(C2C3=C(CC(C)(C)CC3=O)Nc3nc(-c4ccc(F)cc4)nn32)cc1. The van der Waals surface area contributed by atoms with Crippen molar-refractivity contribution < 1.29 is 13.9 Å². The number of nitrogens with zero attached hydrogens (tertiary/aromatic N) is 3. The van der Waals surface area contributed by atoms with Crippen LogP contribution in [0.1, 0.15) is 45.2 Å². The molecule has 5 rings (SSSR count). The van der Waals surface area contributed by atoms with Crippen molar-refractivity contribution in [3.05, 3.63) is 71.2 Å². The fourth-order valence-corrected chi connectivity index (χ4v) is 4.55. The molecule has 164 valence electrons. The van der Waals surface area contributed by atoms with Crippen LogP contribution >= 0.6 is 0 Å². The largest absolute Gasteiger partial charge is 0.494 e. The zero-order valence-corrected chi connectivity index (χ0v) is 18.4. The van der Waals surface area contributed by atoms with Gasteiger partial charge in [-0.1, -0.05) is 26.0 Å². The summed E-state index contributed by atoms with van der Waals surface area (Å²) in [6, 6.07) is 13.5. The van der Waals surface area contributed by atoms with Crippen LogP contribution in [0.5, 0.6) is 5.75 Å². The number of fused-ring (bicyclic) bond motifs is 1. The van der Waals surface area contributed by atoms with Crippen molar-refractivity contribution in [3.63, 3.8) is 0 Å².